The summed E-state index contributed by atoms with van der Waals surface area (Å²) in [5.41, 5.74) is 4.48. The quantitative estimate of drug-likeness (QED) is 0.173. The van der Waals surface area contributed by atoms with Crippen LogP contribution >= 0.6 is 27.5 Å². The van der Waals surface area contributed by atoms with Gasteiger partial charge < -0.3 is 35.3 Å². The Balaban J connectivity index is 0.000000189. The van der Waals surface area contributed by atoms with Gasteiger partial charge in [0.2, 0.25) is 17.5 Å². The summed E-state index contributed by atoms with van der Waals surface area (Å²) in [5.74, 6) is -1.51. The Labute approximate surface area is 392 Å². The van der Waals surface area contributed by atoms with Crippen LogP contribution in [0.5, 0.6) is 11.5 Å². The number of benzene rings is 3. The number of para-hydroxylation sites is 2. The third kappa shape index (κ3) is 7.37. The molecule has 0 saturated carbocycles. The van der Waals surface area contributed by atoms with Crippen LogP contribution in [0.25, 0.3) is 16.5 Å². The number of carbonyl (C=O) groups excluding carboxylic acids is 3. The van der Waals surface area contributed by atoms with Gasteiger partial charge in [-0.2, -0.15) is 0 Å². The molecule has 7 heterocycles. The van der Waals surface area contributed by atoms with Crippen molar-refractivity contribution in [2.24, 2.45) is 22.7 Å². The smallest absolute Gasteiger partial charge is 0.281 e. The maximum absolute atomic E-state index is 14.4. The van der Waals surface area contributed by atoms with Gasteiger partial charge in [-0.05, 0) is 108 Å². The minimum atomic E-state index is -2.01. The number of piperazine rings is 2. The first-order chi connectivity index (χ1) is 31.2. The number of carbonyl (C=O) groups is 3. The van der Waals surface area contributed by atoms with E-state index in [1.54, 1.807) is 18.7 Å². The summed E-state index contributed by atoms with van der Waals surface area (Å²) in [6.45, 7) is 12.3. The highest BCUT2D eigenvalue weighted by Gasteiger charge is 2.72. The predicted octanol–water partition coefficient (Wildman–Crippen LogP) is 6.62. The van der Waals surface area contributed by atoms with E-state index in [-0.39, 0.29) is 23.8 Å². The molecular formula is C49H56BrClN8O6. The van der Waals surface area contributed by atoms with Crippen molar-refractivity contribution < 1.29 is 29.0 Å². The molecule has 342 valence electrons. The Morgan fingerprint density at radius 2 is 1.82 bits per heavy atom. The summed E-state index contributed by atoms with van der Waals surface area (Å²) in [6.07, 6.45) is 4.49. The lowest BCUT2D eigenvalue weighted by Crippen LogP contribution is -2.71. The molecule has 4 fully saturated rings. The van der Waals surface area contributed by atoms with Crippen molar-refractivity contribution in [2.75, 3.05) is 46.3 Å². The summed E-state index contributed by atoms with van der Waals surface area (Å²) >= 11 is 9.90. The fraction of sp³-hybridized carbons (Fsp3) is 0.469. The van der Waals surface area contributed by atoms with Gasteiger partial charge in [0.05, 0.1) is 16.1 Å². The maximum Gasteiger partial charge on any atom is 0.281 e. The van der Waals surface area contributed by atoms with E-state index in [2.05, 4.69) is 53.5 Å². The molecule has 0 spiro atoms. The molecule has 0 radical (unpaired) electrons. The lowest BCUT2D eigenvalue weighted by atomic mass is 9.79. The zero-order valence-electron chi connectivity index (χ0n) is 37.4. The van der Waals surface area contributed by atoms with Gasteiger partial charge in [-0.25, -0.2) is 4.99 Å². The van der Waals surface area contributed by atoms with Gasteiger partial charge in [-0.15, -0.1) is 0 Å². The number of aromatic amines is 1. The van der Waals surface area contributed by atoms with E-state index >= 15 is 0 Å². The first-order valence-electron chi connectivity index (χ1n) is 22.9. The fourth-order valence-electron chi connectivity index (χ4n) is 11.0. The Bertz CT molecular complexity index is 2640. The standard InChI is InChI=1S/C32H40BrN5O5.C17H16ClN3O/c1-16(2)12-24-29(40)37-11-7-10-25(37)32(42)38(24)30(41)31(43-32,17(3)4)35-28(39)18-13-20-19-8-6-9-22-26(19)21(27(33)34-22)14-23(20)36(5)15-18;18-12-5-6-15-13(11-12)17(21-9-7-19-8-10-21)20-14-3-1-2-4-16(14)22-15/h6,8-9,13,16-18,23-25,34,42H,7,10-12,14-15H2,1-5H3,(H,35,39);1-6,11,19H,7-10H2/t18-,23-,24+,25+,31-,32+;/m1./s1. The van der Waals surface area contributed by atoms with E-state index in [0.29, 0.717) is 31.0 Å². The first-order valence-corrected chi connectivity index (χ1v) is 24.1. The SMILES string of the molecule is CC(C)C[C@H]1C(=O)N2CCC[C@H]2[C@]2(O)O[C@](NC(=O)[C@@H]3C=C4c5cccc6[nH]c(Br)c(c56)C[C@H]4N(C)C3)(C(C)C)C(=O)N12.Clc1ccc2c(c1)C(N1CCNCC1)=Nc1ccccc1O2. The van der Waals surface area contributed by atoms with E-state index in [1.165, 1.54) is 15.8 Å². The van der Waals surface area contributed by atoms with Crippen molar-refractivity contribution in [3.63, 3.8) is 0 Å². The molecule has 11 rings (SSSR count). The predicted molar refractivity (Wildman–Crippen MR) is 253 cm³/mol. The van der Waals surface area contributed by atoms with Gasteiger partial charge in [-0.1, -0.05) is 69.6 Å². The Hall–Kier alpha value is -4.77. The summed E-state index contributed by atoms with van der Waals surface area (Å²) in [7, 11) is 2.03. The van der Waals surface area contributed by atoms with Gasteiger partial charge in [0.25, 0.3) is 11.8 Å². The number of aliphatic hydroxyl groups is 1. The van der Waals surface area contributed by atoms with Crippen LogP contribution in [0.2, 0.25) is 5.02 Å². The largest absolute Gasteiger partial charge is 0.454 e. The van der Waals surface area contributed by atoms with Crippen LogP contribution < -0.4 is 15.4 Å². The van der Waals surface area contributed by atoms with Gasteiger partial charge in [0, 0.05) is 67.2 Å². The number of hydrogen-bond acceptors (Lipinski definition) is 10. The second-order valence-electron chi connectivity index (χ2n) is 19.1. The van der Waals surface area contributed by atoms with Crippen molar-refractivity contribution in [1.82, 2.24) is 35.2 Å². The number of aliphatic imine (C=N–C) groups is 1. The Morgan fingerprint density at radius 1 is 1.03 bits per heavy atom. The Morgan fingerprint density at radius 3 is 2.58 bits per heavy atom. The Kier molecular flexibility index (Phi) is 11.4. The average Bonchev–Trinajstić information content (AvgIpc) is 3.94. The third-order valence-corrected chi connectivity index (χ3v) is 15.1. The van der Waals surface area contributed by atoms with Crippen LogP contribution in [0, 0.1) is 17.8 Å². The van der Waals surface area contributed by atoms with E-state index in [9.17, 15) is 19.5 Å². The molecule has 4 saturated heterocycles. The molecule has 4 N–H and O–H groups in total. The van der Waals surface area contributed by atoms with Gasteiger partial charge in [0.1, 0.15) is 29.4 Å². The second kappa shape index (κ2) is 16.8. The number of amidine groups is 1. The lowest BCUT2D eigenvalue weighted by Gasteiger charge is -2.49. The molecule has 14 nitrogen and oxygen atoms in total. The number of nitrogens with zero attached hydrogens (tertiary/aromatic N) is 5. The molecule has 3 amide bonds. The van der Waals surface area contributed by atoms with Crippen LogP contribution in [-0.4, -0.2) is 129 Å². The van der Waals surface area contributed by atoms with Crippen molar-refractivity contribution in [3.05, 3.63) is 93.1 Å². The summed E-state index contributed by atoms with van der Waals surface area (Å²) in [4.78, 5) is 58.0. The van der Waals surface area contributed by atoms with Crippen LogP contribution in [0.3, 0.4) is 0 Å². The molecule has 1 aliphatic carbocycles. The number of hydrogen-bond donors (Lipinski definition) is 4. The second-order valence-corrected chi connectivity index (χ2v) is 20.3. The molecule has 3 aromatic carbocycles. The summed E-state index contributed by atoms with van der Waals surface area (Å²) in [5, 5.41) is 20.4. The number of likely N-dealkylation sites (N-methyl/N-ethyl adjacent to an activating group) is 1. The van der Waals surface area contributed by atoms with Gasteiger partial charge in [-0.3, -0.25) is 28.9 Å². The minimum absolute atomic E-state index is 0.104. The normalized spacial score (nSPS) is 28.1. The number of fused-ring (bicyclic) bond motifs is 7. The number of rotatable bonds is 5. The van der Waals surface area contributed by atoms with E-state index in [1.807, 2.05) is 75.5 Å². The fourth-order valence-corrected chi connectivity index (χ4v) is 11.7. The average molecular weight is 968 g/mol. The molecule has 6 atom stereocenters. The molecular weight excluding hydrogens is 912 g/mol. The molecule has 6 aliphatic heterocycles. The van der Waals surface area contributed by atoms with E-state index in [4.69, 9.17) is 26.1 Å². The summed E-state index contributed by atoms with van der Waals surface area (Å²) in [6, 6.07) is 18.3. The molecule has 16 heteroatoms. The molecule has 1 aromatic heterocycles. The molecule has 0 bridgehead atoms. The number of nitrogens with one attached hydrogen (secondary N) is 3. The highest BCUT2D eigenvalue weighted by Crippen LogP contribution is 2.49. The van der Waals surface area contributed by atoms with Crippen LogP contribution in [0.1, 0.15) is 63.6 Å². The number of halogens is 2. The van der Waals surface area contributed by atoms with Crippen molar-refractivity contribution >= 4 is 73.3 Å². The minimum Gasteiger partial charge on any atom is -0.454 e. The van der Waals surface area contributed by atoms with Gasteiger partial charge in [0.15, 0.2) is 5.75 Å². The van der Waals surface area contributed by atoms with E-state index < -0.39 is 41.5 Å². The molecule has 7 aliphatic rings. The van der Waals surface area contributed by atoms with Crippen molar-refractivity contribution in [2.45, 2.75) is 83.1 Å². The molecule has 65 heavy (non-hydrogen) atoms. The lowest BCUT2D eigenvalue weighted by molar-refractivity contribution is -0.322. The zero-order chi connectivity index (χ0) is 45.5. The highest BCUT2D eigenvalue weighted by molar-refractivity contribution is 9.10. The highest BCUT2D eigenvalue weighted by atomic mass is 79.9. The topological polar surface area (TPSA) is 155 Å². The van der Waals surface area contributed by atoms with Crippen LogP contribution in [0.4, 0.5) is 5.69 Å². The number of aromatic nitrogens is 1. The van der Waals surface area contributed by atoms with Crippen LogP contribution in [-0.2, 0) is 25.5 Å². The van der Waals surface area contributed by atoms with Crippen LogP contribution in [0.15, 0.2) is 76.3 Å². The van der Waals surface area contributed by atoms with Crippen molar-refractivity contribution in [1.29, 1.82) is 0 Å². The monoisotopic (exact) mass is 966 g/mol. The first kappa shape index (κ1) is 44.1. The molecule has 4 aromatic rings. The maximum atomic E-state index is 14.4. The summed E-state index contributed by atoms with van der Waals surface area (Å²) < 4.78 is 13.5. The van der Waals surface area contributed by atoms with Gasteiger partial charge >= 0.3 is 0 Å². The van der Waals surface area contributed by atoms with Crippen molar-refractivity contribution in [3.8, 4) is 11.5 Å². The van der Waals surface area contributed by atoms with E-state index in [0.717, 1.165) is 88.9 Å². The number of amides is 3. The zero-order valence-corrected chi connectivity index (χ0v) is 39.7. The number of H-pyrrole nitrogens is 1. The number of ether oxygens (including phenoxy) is 2. The molecule has 0 unspecified atom stereocenters. The third-order valence-electron chi connectivity index (χ3n) is 14.2.